The molecule has 0 amide bonds. The number of fused-ring (bicyclic) bond motifs is 1. The van der Waals surface area contributed by atoms with Gasteiger partial charge in [-0.25, -0.2) is 9.97 Å². The molecular weight excluding hydrogens is 452 g/mol. The molecule has 0 aliphatic carbocycles. The number of imidazole rings is 1. The first kappa shape index (κ1) is 18.8. The average Bonchev–Trinajstić information content (AvgIpc) is 3.22. The molecule has 4 aromatic rings. The van der Waals surface area contributed by atoms with Gasteiger partial charge in [0, 0.05) is 18.5 Å². The van der Waals surface area contributed by atoms with Gasteiger partial charge in [0.15, 0.2) is 21.7 Å². The molecule has 1 unspecified atom stereocenters. The van der Waals surface area contributed by atoms with Crippen molar-refractivity contribution >= 4 is 38.7 Å². The van der Waals surface area contributed by atoms with Crippen LogP contribution < -0.4 is 5.56 Å². The first-order valence-corrected chi connectivity index (χ1v) is 9.42. The summed E-state index contributed by atoms with van der Waals surface area (Å²) in [6.45, 7) is 0.0641. The molecule has 1 atom stereocenters. The van der Waals surface area contributed by atoms with E-state index in [1.54, 1.807) is 35.9 Å². The van der Waals surface area contributed by atoms with Crippen LogP contribution in [0.1, 0.15) is 23.4 Å². The number of aryl methyl sites for hydroxylation is 1. The van der Waals surface area contributed by atoms with E-state index in [2.05, 4.69) is 36.0 Å². The van der Waals surface area contributed by atoms with Gasteiger partial charge in [0.1, 0.15) is 12.9 Å². The molecule has 9 nitrogen and oxygen atoms in total. The number of aromatic nitrogens is 6. The monoisotopic (exact) mass is 464 g/mol. The predicted octanol–water partition coefficient (Wildman–Crippen LogP) is 2.25. The number of halogens is 2. The quantitative estimate of drug-likeness (QED) is 0.450. The number of aliphatic hydroxyl groups excluding tert-OH is 1. The number of hydrogen-bond donors (Lipinski definition) is 1. The molecule has 3 aromatic heterocycles. The Kier molecular flexibility index (Phi) is 5.00. The van der Waals surface area contributed by atoms with Gasteiger partial charge in [0.05, 0.1) is 6.10 Å². The van der Waals surface area contributed by atoms with Crippen LogP contribution in [0.4, 0.5) is 0 Å². The second-order valence-electron chi connectivity index (χ2n) is 6.17. The Labute approximate surface area is 171 Å². The van der Waals surface area contributed by atoms with Gasteiger partial charge in [-0.15, -0.1) is 0 Å². The fourth-order valence-electron chi connectivity index (χ4n) is 2.77. The molecule has 0 saturated heterocycles. The van der Waals surface area contributed by atoms with Gasteiger partial charge in [-0.1, -0.05) is 28.9 Å². The highest BCUT2D eigenvalue weighted by molar-refractivity contribution is 9.10. The van der Waals surface area contributed by atoms with E-state index in [0.717, 1.165) is 0 Å². The molecule has 1 aromatic carbocycles. The molecule has 0 radical (unpaired) electrons. The lowest BCUT2D eigenvalue weighted by atomic mass is 10.1. The predicted molar refractivity (Wildman–Crippen MR) is 104 cm³/mol. The zero-order valence-electron chi connectivity index (χ0n) is 14.6. The van der Waals surface area contributed by atoms with Crippen LogP contribution in [0, 0.1) is 0 Å². The van der Waals surface area contributed by atoms with Gasteiger partial charge in [-0.3, -0.25) is 9.36 Å². The van der Waals surface area contributed by atoms with Crippen LogP contribution in [0.25, 0.3) is 11.2 Å². The molecule has 11 heteroatoms. The normalized spacial score (nSPS) is 12.6. The number of aliphatic hydroxyl groups is 1. The standard InChI is InChI=1S/C17H14BrClN6O3/c1-24-14-15(22-17(24)18)20-8-25(16(14)27)7-13-21-12(23-28-13)6-11(26)9-2-4-10(19)5-3-9/h2-5,8,11,26H,6-7H2,1H3. The summed E-state index contributed by atoms with van der Waals surface area (Å²) in [6, 6.07) is 6.88. The van der Waals surface area contributed by atoms with Crippen molar-refractivity contribution in [3.63, 3.8) is 0 Å². The van der Waals surface area contributed by atoms with Crippen LogP contribution >= 0.6 is 27.5 Å². The maximum Gasteiger partial charge on any atom is 0.280 e. The summed E-state index contributed by atoms with van der Waals surface area (Å²) in [4.78, 5) is 25.3. The Morgan fingerprint density at radius 3 is 2.79 bits per heavy atom. The van der Waals surface area contributed by atoms with E-state index in [9.17, 15) is 9.90 Å². The Bertz CT molecular complexity index is 1200. The van der Waals surface area contributed by atoms with E-state index in [4.69, 9.17) is 16.1 Å². The van der Waals surface area contributed by atoms with Gasteiger partial charge in [-0.2, -0.15) is 4.98 Å². The molecule has 3 heterocycles. The average molecular weight is 466 g/mol. The smallest absolute Gasteiger partial charge is 0.280 e. The molecule has 144 valence electrons. The third-order valence-corrected chi connectivity index (χ3v) is 5.21. The zero-order chi connectivity index (χ0) is 19.8. The largest absolute Gasteiger partial charge is 0.388 e. The van der Waals surface area contributed by atoms with Crippen LogP contribution in [0.2, 0.25) is 5.02 Å². The van der Waals surface area contributed by atoms with Gasteiger partial charge in [0.25, 0.3) is 5.56 Å². The third-order valence-electron chi connectivity index (χ3n) is 4.25. The summed E-state index contributed by atoms with van der Waals surface area (Å²) in [7, 11) is 1.72. The molecule has 0 fully saturated rings. The van der Waals surface area contributed by atoms with Crippen LogP contribution in [0.5, 0.6) is 0 Å². The summed E-state index contributed by atoms with van der Waals surface area (Å²) < 4.78 is 8.71. The van der Waals surface area contributed by atoms with Crippen molar-refractivity contribution in [3.05, 3.63) is 68.0 Å². The second-order valence-corrected chi connectivity index (χ2v) is 7.31. The Balaban J connectivity index is 1.53. The van der Waals surface area contributed by atoms with Crippen LogP contribution in [0.15, 0.2) is 44.6 Å². The third kappa shape index (κ3) is 3.58. The maximum atomic E-state index is 12.7. The van der Waals surface area contributed by atoms with Crippen LogP contribution in [0.3, 0.4) is 0 Å². The molecule has 0 aliphatic heterocycles. The van der Waals surface area contributed by atoms with Gasteiger partial charge >= 0.3 is 0 Å². The highest BCUT2D eigenvalue weighted by atomic mass is 79.9. The van der Waals surface area contributed by atoms with E-state index < -0.39 is 6.10 Å². The van der Waals surface area contributed by atoms with E-state index in [-0.39, 0.29) is 24.4 Å². The van der Waals surface area contributed by atoms with E-state index >= 15 is 0 Å². The number of rotatable bonds is 5. The molecule has 28 heavy (non-hydrogen) atoms. The summed E-state index contributed by atoms with van der Waals surface area (Å²) in [6.07, 6.45) is 0.762. The number of nitrogens with zero attached hydrogens (tertiary/aromatic N) is 6. The van der Waals surface area contributed by atoms with E-state index in [1.165, 1.54) is 10.9 Å². The minimum Gasteiger partial charge on any atom is -0.388 e. The van der Waals surface area contributed by atoms with Crippen molar-refractivity contribution < 1.29 is 9.63 Å². The lowest BCUT2D eigenvalue weighted by Gasteiger charge is -2.08. The van der Waals surface area contributed by atoms with Gasteiger partial charge in [-0.05, 0) is 33.6 Å². The first-order valence-electron chi connectivity index (χ1n) is 8.24. The molecule has 0 spiro atoms. The number of hydrogen-bond acceptors (Lipinski definition) is 7. The molecule has 0 aliphatic rings. The SMILES string of the molecule is Cn1c(Br)nc2ncn(Cc3nc(CC(O)c4ccc(Cl)cc4)no3)c(=O)c21. The lowest BCUT2D eigenvalue weighted by molar-refractivity contribution is 0.174. The number of benzene rings is 1. The molecular formula is C17H14BrClN6O3. The second kappa shape index (κ2) is 7.46. The van der Waals surface area contributed by atoms with Crippen molar-refractivity contribution in [2.24, 2.45) is 7.05 Å². The van der Waals surface area contributed by atoms with Crippen molar-refractivity contribution in [2.75, 3.05) is 0 Å². The highest BCUT2D eigenvalue weighted by Crippen LogP contribution is 2.19. The Hall–Kier alpha value is -2.56. The van der Waals surface area contributed by atoms with Crippen LogP contribution in [-0.2, 0) is 20.0 Å². The topological polar surface area (TPSA) is 112 Å². The van der Waals surface area contributed by atoms with Crippen molar-refractivity contribution in [2.45, 2.75) is 19.1 Å². The Morgan fingerprint density at radius 2 is 2.04 bits per heavy atom. The molecule has 4 rings (SSSR count). The zero-order valence-corrected chi connectivity index (χ0v) is 16.9. The summed E-state index contributed by atoms with van der Waals surface area (Å²) in [5, 5.41) is 14.8. The van der Waals surface area contributed by atoms with Crippen LogP contribution in [-0.4, -0.2) is 34.3 Å². The molecule has 0 bridgehead atoms. The maximum absolute atomic E-state index is 12.7. The fraction of sp³-hybridized carbons (Fsp3) is 0.235. The highest BCUT2D eigenvalue weighted by Gasteiger charge is 2.16. The fourth-order valence-corrected chi connectivity index (χ4v) is 3.24. The molecule has 1 N–H and O–H groups in total. The van der Waals surface area contributed by atoms with Gasteiger partial charge < -0.3 is 14.2 Å². The minimum absolute atomic E-state index is 0.0641. The summed E-state index contributed by atoms with van der Waals surface area (Å²) >= 11 is 9.13. The molecule has 0 saturated carbocycles. The van der Waals surface area contributed by atoms with Crippen molar-refractivity contribution in [1.29, 1.82) is 0 Å². The van der Waals surface area contributed by atoms with Crippen molar-refractivity contribution in [1.82, 2.24) is 29.2 Å². The summed E-state index contributed by atoms with van der Waals surface area (Å²) in [5.41, 5.74) is 1.15. The van der Waals surface area contributed by atoms with Gasteiger partial charge in [0.2, 0.25) is 5.89 Å². The van der Waals surface area contributed by atoms with E-state index in [1.807, 2.05) is 0 Å². The van der Waals surface area contributed by atoms with E-state index in [0.29, 0.717) is 32.3 Å². The lowest BCUT2D eigenvalue weighted by Crippen LogP contribution is -2.22. The van der Waals surface area contributed by atoms with Crippen molar-refractivity contribution in [3.8, 4) is 0 Å². The minimum atomic E-state index is -0.796. The summed E-state index contributed by atoms with van der Waals surface area (Å²) in [5.74, 6) is 0.575. The first-order chi connectivity index (χ1) is 13.4. The Morgan fingerprint density at radius 1 is 1.29 bits per heavy atom.